The van der Waals surface area contributed by atoms with Crippen molar-refractivity contribution < 1.29 is 10.0 Å². The molecule has 0 aliphatic heterocycles. The number of halogens is 1. The second-order valence-corrected chi connectivity index (χ2v) is 5.44. The molecule has 7 heteroatoms. The lowest BCUT2D eigenvalue weighted by Crippen LogP contribution is -2.43. The summed E-state index contributed by atoms with van der Waals surface area (Å²) < 4.78 is 0. The number of hydrogen-bond donors (Lipinski definition) is 2. The van der Waals surface area contributed by atoms with Gasteiger partial charge in [-0.3, -0.25) is 10.1 Å². The number of nitrogens with one attached hydrogen (secondary N) is 1. The Bertz CT molecular complexity index is 464. The first-order valence-corrected chi connectivity index (χ1v) is 6.14. The zero-order chi connectivity index (χ0) is 14.6. The van der Waals surface area contributed by atoms with Crippen LogP contribution in [-0.4, -0.2) is 47.7 Å². The average Bonchev–Trinajstić information content (AvgIpc) is 2.25. The molecule has 0 fully saturated rings. The maximum Gasteiger partial charge on any atom is 0.293 e. The summed E-state index contributed by atoms with van der Waals surface area (Å²) in [7, 11) is 3.69. The van der Waals surface area contributed by atoms with E-state index in [4.69, 9.17) is 11.6 Å². The SMILES string of the molecule is CN(C)CC(C)(O)CNc1ccc(Cl)cc1[N+](=O)[O-]. The summed E-state index contributed by atoms with van der Waals surface area (Å²) in [5, 5.41) is 24.2. The standard InChI is InChI=1S/C12H18ClN3O3/c1-12(17,8-15(2)3)7-14-10-5-4-9(13)6-11(10)16(18)19/h4-6,14,17H,7-8H2,1-3H3. The van der Waals surface area contributed by atoms with Crippen molar-refractivity contribution in [3.05, 3.63) is 33.3 Å². The molecule has 0 bridgehead atoms. The van der Waals surface area contributed by atoms with Crippen LogP contribution >= 0.6 is 11.6 Å². The maximum absolute atomic E-state index is 10.9. The van der Waals surface area contributed by atoms with Crippen molar-refractivity contribution in [2.75, 3.05) is 32.5 Å². The predicted octanol–water partition coefficient (Wildman–Crippen LogP) is 1.97. The Labute approximate surface area is 117 Å². The van der Waals surface area contributed by atoms with Gasteiger partial charge in [0.2, 0.25) is 0 Å². The number of hydrogen-bond acceptors (Lipinski definition) is 5. The molecule has 0 amide bonds. The van der Waals surface area contributed by atoms with Gasteiger partial charge in [0.05, 0.1) is 10.5 Å². The van der Waals surface area contributed by atoms with Crippen LogP contribution in [0.15, 0.2) is 18.2 Å². The molecular formula is C12H18ClN3O3. The van der Waals surface area contributed by atoms with E-state index in [2.05, 4.69) is 5.32 Å². The molecule has 0 aliphatic rings. The summed E-state index contributed by atoms with van der Waals surface area (Å²) in [6, 6.07) is 4.38. The van der Waals surface area contributed by atoms with Gasteiger partial charge in [-0.1, -0.05) is 11.6 Å². The molecule has 1 atom stereocenters. The number of anilines is 1. The minimum atomic E-state index is -0.989. The quantitative estimate of drug-likeness (QED) is 0.618. The van der Waals surface area contributed by atoms with Gasteiger partial charge >= 0.3 is 0 Å². The molecule has 19 heavy (non-hydrogen) atoms. The van der Waals surface area contributed by atoms with E-state index in [-0.39, 0.29) is 12.2 Å². The van der Waals surface area contributed by atoms with Crippen LogP contribution in [0.2, 0.25) is 5.02 Å². The van der Waals surface area contributed by atoms with E-state index < -0.39 is 10.5 Å². The third-order valence-corrected chi connectivity index (χ3v) is 2.71. The fourth-order valence-corrected chi connectivity index (χ4v) is 1.99. The normalized spacial score (nSPS) is 14.2. The van der Waals surface area contributed by atoms with Gasteiger partial charge in [0, 0.05) is 24.2 Å². The second kappa shape index (κ2) is 6.18. The van der Waals surface area contributed by atoms with Gasteiger partial charge in [0.1, 0.15) is 5.69 Å². The van der Waals surface area contributed by atoms with E-state index in [1.54, 1.807) is 13.0 Å². The minimum absolute atomic E-state index is 0.104. The number of nitro benzene ring substituents is 1. The zero-order valence-electron chi connectivity index (χ0n) is 11.2. The zero-order valence-corrected chi connectivity index (χ0v) is 11.9. The van der Waals surface area contributed by atoms with Gasteiger partial charge in [0.25, 0.3) is 5.69 Å². The van der Waals surface area contributed by atoms with E-state index >= 15 is 0 Å². The first-order chi connectivity index (χ1) is 8.71. The summed E-state index contributed by atoms with van der Waals surface area (Å²) in [5.41, 5.74) is -0.752. The molecule has 0 spiro atoms. The summed E-state index contributed by atoms with van der Waals surface area (Å²) >= 11 is 5.73. The molecule has 106 valence electrons. The number of nitrogens with zero attached hydrogens (tertiary/aromatic N) is 2. The molecule has 1 unspecified atom stereocenters. The molecule has 0 aliphatic carbocycles. The van der Waals surface area contributed by atoms with Crippen LogP contribution < -0.4 is 5.32 Å². The fraction of sp³-hybridized carbons (Fsp3) is 0.500. The van der Waals surface area contributed by atoms with E-state index in [9.17, 15) is 15.2 Å². The number of rotatable bonds is 6. The Morgan fingerprint density at radius 3 is 2.68 bits per heavy atom. The summed E-state index contributed by atoms with van der Waals surface area (Å²) in [5.74, 6) is 0. The third kappa shape index (κ3) is 5.02. The van der Waals surface area contributed by atoms with Crippen molar-refractivity contribution in [2.45, 2.75) is 12.5 Å². The Balaban J connectivity index is 2.80. The van der Waals surface area contributed by atoms with Crippen molar-refractivity contribution in [1.29, 1.82) is 0 Å². The predicted molar refractivity (Wildman–Crippen MR) is 75.8 cm³/mol. The number of nitro groups is 1. The Hall–Kier alpha value is -1.37. The summed E-state index contributed by atoms with van der Waals surface area (Å²) in [6.07, 6.45) is 0. The van der Waals surface area contributed by atoms with E-state index in [1.165, 1.54) is 12.1 Å². The van der Waals surface area contributed by atoms with Crippen molar-refractivity contribution in [3.63, 3.8) is 0 Å². The van der Waals surface area contributed by atoms with Gasteiger partial charge in [0.15, 0.2) is 0 Å². The van der Waals surface area contributed by atoms with Crippen LogP contribution in [0.25, 0.3) is 0 Å². The molecule has 6 nitrogen and oxygen atoms in total. The molecule has 2 N–H and O–H groups in total. The highest BCUT2D eigenvalue weighted by Crippen LogP contribution is 2.28. The van der Waals surface area contributed by atoms with Gasteiger partial charge in [-0.2, -0.15) is 0 Å². The van der Waals surface area contributed by atoms with Gasteiger partial charge in [-0.15, -0.1) is 0 Å². The molecule has 0 heterocycles. The molecule has 1 aromatic rings. The molecule has 0 radical (unpaired) electrons. The highest BCUT2D eigenvalue weighted by atomic mass is 35.5. The Kier molecular flexibility index (Phi) is 5.11. The molecule has 1 aromatic carbocycles. The smallest absolute Gasteiger partial charge is 0.293 e. The van der Waals surface area contributed by atoms with Crippen LogP contribution in [0.3, 0.4) is 0 Å². The largest absolute Gasteiger partial charge is 0.387 e. The van der Waals surface area contributed by atoms with E-state index in [1.807, 2.05) is 19.0 Å². The fourth-order valence-electron chi connectivity index (χ4n) is 1.83. The van der Waals surface area contributed by atoms with Gasteiger partial charge in [-0.05, 0) is 33.2 Å². The Morgan fingerprint density at radius 1 is 1.53 bits per heavy atom. The highest BCUT2D eigenvalue weighted by Gasteiger charge is 2.23. The average molecular weight is 288 g/mol. The lowest BCUT2D eigenvalue weighted by Gasteiger charge is -2.27. The van der Waals surface area contributed by atoms with Crippen LogP contribution in [0.4, 0.5) is 11.4 Å². The van der Waals surface area contributed by atoms with Crippen molar-refractivity contribution in [1.82, 2.24) is 4.90 Å². The van der Waals surface area contributed by atoms with Crippen molar-refractivity contribution in [2.24, 2.45) is 0 Å². The van der Waals surface area contributed by atoms with Crippen molar-refractivity contribution in [3.8, 4) is 0 Å². The summed E-state index contributed by atoms with van der Waals surface area (Å²) in [4.78, 5) is 12.3. The number of aliphatic hydroxyl groups is 1. The van der Waals surface area contributed by atoms with E-state index in [0.29, 0.717) is 17.3 Å². The third-order valence-electron chi connectivity index (χ3n) is 2.47. The lowest BCUT2D eigenvalue weighted by molar-refractivity contribution is -0.383. The van der Waals surface area contributed by atoms with E-state index in [0.717, 1.165) is 0 Å². The minimum Gasteiger partial charge on any atom is -0.387 e. The topological polar surface area (TPSA) is 78.6 Å². The summed E-state index contributed by atoms with van der Waals surface area (Å²) in [6.45, 7) is 2.32. The van der Waals surface area contributed by atoms with Crippen LogP contribution in [-0.2, 0) is 0 Å². The molecule has 0 aromatic heterocycles. The second-order valence-electron chi connectivity index (χ2n) is 5.01. The van der Waals surface area contributed by atoms with Crippen LogP contribution in [0, 0.1) is 10.1 Å². The lowest BCUT2D eigenvalue weighted by atomic mass is 10.1. The maximum atomic E-state index is 10.9. The first-order valence-electron chi connectivity index (χ1n) is 5.76. The molecular weight excluding hydrogens is 270 g/mol. The molecule has 1 rings (SSSR count). The molecule has 0 saturated carbocycles. The number of likely N-dealkylation sites (N-methyl/N-ethyl adjacent to an activating group) is 1. The van der Waals surface area contributed by atoms with Crippen LogP contribution in [0.1, 0.15) is 6.92 Å². The van der Waals surface area contributed by atoms with Gasteiger partial charge < -0.3 is 15.3 Å². The Morgan fingerprint density at radius 2 is 2.16 bits per heavy atom. The molecule has 0 saturated heterocycles. The van der Waals surface area contributed by atoms with Gasteiger partial charge in [-0.25, -0.2) is 0 Å². The van der Waals surface area contributed by atoms with Crippen molar-refractivity contribution >= 4 is 23.0 Å². The number of benzene rings is 1. The van der Waals surface area contributed by atoms with Crippen LogP contribution in [0.5, 0.6) is 0 Å². The highest BCUT2D eigenvalue weighted by molar-refractivity contribution is 6.30. The first kappa shape index (κ1) is 15.7. The monoisotopic (exact) mass is 287 g/mol.